The lowest BCUT2D eigenvalue weighted by Crippen LogP contribution is -2.24. The molecular formula is C25H28N4O4S2. The Hall–Kier alpha value is -3.11. The molecular weight excluding hydrogens is 484 g/mol. The lowest BCUT2D eigenvalue weighted by molar-refractivity contribution is 0.0947. The standard InChI is InChI=1S/C25H28N4O4S2/c30-21(24-29-28-23(35-24)19-11-12-19)6-2-1-3-13-26-22(31)18-9-7-17(8-10-18)16-33-25(32)27-15-20-5-4-14-34-20/h4-5,7-10,14,19H,1-3,6,11-13,15-16H2,(H,26,31)(H,27,32). The Kier molecular flexibility index (Phi) is 8.96. The molecule has 0 bridgehead atoms. The molecule has 3 aromatic rings. The molecule has 35 heavy (non-hydrogen) atoms. The molecule has 0 spiro atoms. The van der Waals surface area contributed by atoms with Gasteiger partial charge in [0.1, 0.15) is 11.6 Å². The number of nitrogens with one attached hydrogen (secondary N) is 2. The SMILES string of the molecule is O=C(NCc1cccs1)OCc1ccc(C(=O)NCCCCCC(=O)c2nnc(C3CC3)s2)cc1. The minimum absolute atomic E-state index is 0.0579. The van der Waals surface area contributed by atoms with Gasteiger partial charge in [-0.3, -0.25) is 9.59 Å². The third kappa shape index (κ3) is 7.97. The summed E-state index contributed by atoms with van der Waals surface area (Å²) >= 11 is 3.00. The molecule has 0 atom stereocenters. The molecule has 1 aliphatic carbocycles. The summed E-state index contributed by atoms with van der Waals surface area (Å²) in [7, 11) is 0. The molecule has 0 aliphatic heterocycles. The zero-order valence-electron chi connectivity index (χ0n) is 19.3. The van der Waals surface area contributed by atoms with E-state index in [-0.39, 0.29) is 18.3 Å². The summed E-state index contributed by atoms with van der Waals surface area (Å²) in [5.41, 5.74) is 1.35. The van der Waals surface area contributed by atoms with Gasteiger partial charge in [0.2, 0.25) is 0 Å². The Labute approximate surface area is 212 Å². The number of carbonyl (C=O) groups is 3. The van der Waals surface area contributed by atoms with Crippen LogP contribution < -0.4 is 10.6 Å². The van der Waals surface area contributed by atoms with Gasteiger partial charge in [0.05, 0.1) is 6.54 Å². The first kappa shape index (κ1) is 25.0. The Balaban J connectivity index is 1.07. The van der Waals surface area contributed by atoms with Crippen LogP contribution in [0.1, 0.15) is 80.1 Å². The number of benzene rings is 1. The van der Waals surface area contributed by atoms with Crippen molar-refractivity contribution in [1.29, 1.82) is 0 Å². The first-order valence-corrected chi connectivity index (χ1v) is 13.4. The van der Waals surface area contributed by atoms with Gasteiger partial charge in [-0.25, -0.2) is 4.79 Å². The molecule has 1 saturated carbocycles. The molecule has 2 N–H and O–H groups in total. The molecule has 0 radical (unpaired) electrons. The number of Topliss-reactive ketones (excluding diaryl/α,β-unsaturated/α-hetero) is 1. The van der Waals surface area contributed by atoms with Crippen LogP contribution >= 0.6 is 22.7 Å². The van der Waals surface area contributed by atoms with E-state index in [1.807, 2.05) is 17.5 Å². The van der Waals surface area contributed by atoms with Crippen LogP contribution in [0.3, 0.4) is 0 Å². The summed E-state index contributed by atoms with van der Waals surface area (Å²) in [5, 5.41) is 17.2. The monoisotopic (exact) mass is 512 g/mol. The molecule has 184 valence electrons. The van der Waals surface area contributed by atoms with Gasteiger partial charge in [-0.15, -0.1) is 21.5 Å². The highest BCUT2D eigenvalue weighted by atomic mass is 32.1. The van der Waals surface area contributed by atoms with Gasteiger partial charge in [0, 0.05) is 29.3 Å². The van der Waals surface area contributed by atoms with Gasteiger partial charge in [-0.05, 0) is 54.8 Å². The second kappa shape index (κ2) is 12.6. The van der Waals surface area contributed by atoms with Crippen molar-refractivity contribution in [2.24, 2.45) is 0 Å². The van der Waals surface area contributed by atoms with E-state index in [9.17, 15) is 14.4 Å². The smallest absolute Gasteiger partial charge is 0.407 e. The van der Waals surface area contributed by atoms with E-state index in [1.54, 1.807) is 35.6 Å². The number of alkyl carbamates (subject to hydrolysis) is 1. The fourth-order valence-electron chi connectivity index (χ4n) is 3.37. The molecule has 2 heterocycles. The van der Waals surface area contributed by atoms with Gasteiger partial charge in [-0.1, -0.05) is 36.0 Å². The van der Waals surface area contributed by atoms with Crippen molar-refractivity contribution in [2.75, 3.05) is 6.54 Å². The minimum Gasteiger partial charge on any atom is -0.445 e. The van der Waals surface area contributed by atoms with Crippen LogP contribution in [0.4, 0.5) is 4.79 Å². The average Bonchev–Trinajstić information content (AvgIpc) is 3.37. The van der Waals surface area contributed by atoms with Crippen molar-refractivity contribution in [2.45, 2.75) is 57.6 Å². The van der Waals surface area contributed by atoms with Crippen molar-refractivity contribution in [3.8, 4) is 0 Å². The number of aromatic nitrogens is 2. The quantitative estimate of drug-likeness (QED) is 0.244. The zero-order chi connectivity index (χ0) is 24.5. The number of carbonyl (C=O) groups excluding carboxylic acids is 3. The lowest BCUT2D eigenvalue weighted by Gasteiger charge is -2.08. The van der Waals surface area contributed by atoms with Gasteiger partial charge >= 0.3 is 6.09 Å². The number of unbranched alkanes of at least 4 members (excludes halogenated alkanes) is 2. The van der Waals surface area contributed by atoms with Crippen molar-refractivity contribution >= 4 is 40.5 Å². The molecule has 10 heteroatoms. The number of hydrogen-bond acceptors (Lipinski definition) is 8. The van der Waals surface area contributed by atoms with E-state index in [0.29, 0.717) is 36.0 Å². The van der Waals surface area contributed by atoms with Crippen molar-refractivity contribution < 1.29 is 19.1 Å². The Morgan fingerprint density at radius 3 is 2.57 bits per heavy atom. The molecule has 1 aromatic carbocycles. The van der Waals surface area contributed by atoms with Crippen molar-refractivity contribution in [3.05, 3.63) is 67.8 Å². The van der Waals surface area contributed by atoms with Gasteiger partial charge < -0.3 is 15.4 Å². The number of amides is 2. The number of rotatable bonds is 13. The minimum atomic E-state index is -0.478. The number of hydrogen-bond donors (Lipinski definition) is 2. The lowest BCUT2D eigenvalue weighted by atomic mass is 10.1. The van der Waals surface area contributed by atoms with Crippen molar-refractivity contribution in [1.82, 2.24) is 20.8 Å². The van der Waals surface area contributed by atoms with E-state index >= 15 is 0 Å². The molecule has 8 nitrogen and oxygen atoms in total. The van der Waals surface area contributed by atoms with Crippen LogP contribution in [0.2, 0.25) is 0 Å². The van der Waals surface area contributed by atoms with Gasteiger partial charge in [-0.2, -0.15) is 0 Å². The molecule has 0 unspecified atom stereocenters. The molecule has 2 aromatic heterocycles. The molecule has 4 rings (SSSR count). The maximum atomic E-state index is 12.3. The van der Waals surface area contributed by atoms with E-state index < -0.39 is 6.09 Å². The largest absolute Gasteiger partial charge is 0.445 e. The number of ketones is 1. The molecule has 2 amide bonds. The summed E-state index contributed by atoms with van der Waals surface area (Å²) in [6.07, 6.45) is 4.71. The summed E-state index contributed by atoms with van der Waals surface area (Å²) in [6, 6.07) is 10.9. The Bertz CT molecular complexity index is 1120. The van der Waals surface area contributed by atoms with Crippen LogP contribution in [0, 0.1) is 0 Å². The first-order valence-electron chi connectivity index (χ1n) is 11.8. The van der Waals surface area contributed by atoms with Crippen LogP contribution in [0.15, 0.2) is 41.8 Å². The first-order chi connectivity index (χ1) is 17.1. The van der Waals surface area contributed by atoms with Crippen LogP contribution in [0.5, 0.6) is 0 Å². The predicted octanol–water partition coefficient (Wildman–Crippen LogP) is 5.08. The van der Waals surface area contributed by atoms with Crippen molar-refractivity contribution in [3.63, 3.8) is 0 Å². The maximum absolute atomic E-state index is 12.3. The summed E-state index contributed by atoms with van der Waals surface area (Å²) < 4.78 is 5.21. The Morgan fingerprint density at radius 2 is 1.83 bits per heavy atom. The zero-order valence-corrected chi connectivity index (χ0v) is 21.0. The third-order valence-corrected chi connectivity index (χ3v) is 7.55. The molecule has 1 fully saturated rings. The van der Waals surface area contributed by atoms with Crippen LogP contribution in [0.25, 0.3) is 0 Å². The molecule has 1 aliphatic rings. The normalized spacial score (nSPS) is 12.8. The second-order valence-corrected chi connectivity index (χ2v) is 10.5. The van der Waals surface area contributed by atoms with Gasteiger partial charge in [0.15, 0.2) is 10.8 Å². The highest BCUT2D eigenvalue weighted by Crippen LogP contribution is 2.41. The van der Waals surface area contributed by atoms with Crippen LogP contribution in [-0.4, -0.2) is 34.5 Å². The van der Waals surface area contributed by atoms with Gasteiger partial charge in [0.25, 0.3) is 5.91 Å². The third-order valence-electron chi connectivity index (χ3n) is 5.55. The van der Waals surface area contributed by atoms with E-state index in [0.717, 1.165) is 47.6 Å². The van der Waals surface area contributed by atoms with E-state index in [4.69, 9.17) is 4.74 Å². The topological polar surface area (TPSA) is 110 Å². The number of thiophene rings is 1. The highest BCUT2D eigenvalue weighted by Gasteiger charge is 2.28. The van der Waals surface area contributed by atoms with E-state index in [2.05, 4.69) is 20.8 Å². The number of ether oxygens (including phenoxy) is 1. The maximum Gasteiger partial charge on any atom is 0.407 e. The van der Waals surface area contributed by atoms with Crippen LogP contribution in [-0.2, 0) is 17.9 Å². The fourth-order valence-corrected chi connectivity index (χ4v) is 4.99. The summed E-state index contributed by atoms with van der Waals surface area (Å²) in [4.78, 5) is 37.4. The molecule has 0 saturated heterocycles. The summed E-state index contributed by atoms with van der Waals surface area (Å²) in [5.74, 6) is 0.432. The predicted molar refractivity (Wildman–Crippen MR) is 135 cm³/mol. The summed E-state index contributed by atoms with van der Waals surface area (Å²) in [6.45, 7) is 1.12. The average molecular weight is 513 g/mol. The highest BCUT2D eigenvalue weighted by molar-refractivity contribution is 7.13. The second-order valence-electron chi connectivity index (χ2n) is 8.42. The fraction of sp³-hybridized carbons (Fsp3) is 0.400. The van der Waals surface area contributed by atoms with E-state index in [1.165, 1.54) is 11.3 Å². The Morgan fingerprint density at radius 1 is 1.00 bits per heavy atom. The number of nitrogens with zero attached hydrogens (tertiary/aromatic N) is 2.